The van der Waals surface area contributed by atoms with Gasteiger partial charge >= 0.3 is 0 Å². The zero-order valence-corrected chi connectivity index (χ0v) is 18.1. The summed E-state index contributed by atoms with van der Waals surface area (Å²) in [4.78, 5) is 0. The zero-order valence-electron chi connectivity index (χ0n) is 16.4. The Labute approximate surface area is 182 Å². The maximum absolute atomic E-state index is 13.1. The highest BCUT2D eigenvalue weighted by Crippen LogP contribution is 2.25. The lowest BCUT2D eigenvalue weighted by Gasteiger charge is -2.26. The summed E-state index contributed by atoms with van der Waals surface area (Å²) in [6.45, 7) is 0. The molecule has 0 fully saturated rings. The molecule has 2 aromatic carbocycles. The van der Waals surface area contributed by atoms with Crippen LogP contribution in [0.4, 0.5) is 0 Å². The summed E-state index contributed by atoms with van der Waals surface area (Å²) in [5.74, 6) is 0. The molecule has 0 spiro atoms. The predicted octanol–water partition coefficient (Wildman–Crippen LogP) is 4.07. The van der Waals surface area contributed by atoms with Crippen LogP contribution in [0.1, 0.15) is 17.5 Å². The molecule has 0 bridgehead atoms. The number of benzene rings is 2. The second-order valence-corrected chi connectivity index (χ2v) is 10.3. The molecule has 2 aromatic rings. The van der Waals surface area contributed by atoms with Crippen molar-refractivity contribution in [2.24, 2.45) is 0 Å². The van der Waals surface area contributed by atoms with E-state index in [2.05, 4.69) is 0 Å². The van der Waals surface area contributed by atoms with Gasteiger partial charge in [-0.25, -0.2) is 16.8 Å². The Balaban J connectivity index is 1.99. The highest BCUT2D eigenvalue weighted by molar-refractivity contribution is 8.06. The third-order valence-corrected chi connectivity index (χ3v) is 8.19. The molecule has 1 atom stereocenters. The van der Waals surface area contributed by atoms with Crippen molar-refractivity contribution in [3.63, 3.8) is 0 Å². The van der Waals surface area contributed by atoms with Crippen LogP contribution in [-0.2, 0) is 20.0 Å². The van der Waals surface area contributed by atoms with Gasteiger partial charge in [0.15, 0.2) is 0 Å². The fourth-order valence-electron chi connectivity index (χ4n) is 2.95. The van der Waals surface area contributed by atoms with Crippen molar-refractivity contribution in [1.82, 2.24) is 3.71 Å². The predicted molar refractivity (Wildman–Crippen MR) is 122 cm³/mol. The first-order valence-electron chi connectivity index (χ1n) is 9.36. The highest BCUT2D eigenvalue weighted by Gasteiger charge is 2.36. The van der Waals surface area contributed by atoms with Gasteiger partial charge in [-0.3, -0.25) is 0 Å². The quantitative estimate of drug-likeness (QED) is 0.631. The van der Waals surface area contributed by atoms with Crippen LogP contribution < -0.4 is 0 Å². The highest BCUT2D eigenvalue weighted by atomic mass is 32.3. The zero-order chi connectivity index (χ0) is 22.3. The maximum atomic E-state index is 13.1. The van der Waals surface area contributed by atoms with Crippen LogP contribution in [0.5, 0.6) is 0 Å². The molecule has 3 rings (SSSR count). The minimum absolute atomic E-state index is 0.0657. The summed E-state index contributed by atoms with van der Waals surface area (Å²) < 4.78 is 53.0. The summed E-state index contributed by atoms with van der Waals surface area (Å²) in [7, 11) is -8.71. The third kappa shape index (κ3) is 5.89. The van der Waals surface area contributed by atoms with Gasteiger partial charge in [-0.1, -0.05) is 76.5 Å². The molecular formula is C23H20N2O4S2. The van der Waals surface area contributed by atoms with Crippen molar-refractivity contribution < 1.29 is 16.8 Å². The van der Waals surface area contributed by atoms with E-state index in [9.17, 15) is 16.8 Å². The average molecular weight is 453 g/mol. The van der Waals surface area contributed by atoms with Crippen molar-refractivity contribution in [2.45, 2.75) is 12.5 Å². The van der Waals surface area contributed by atoms with E-state index in [1.54, 1.807) is 60.7 Å². The van der Waals surface area contributed by atoms with E-state index in [0.29, 0.717) is 20.4 Å². The van der Waals surface area contributed by atoms with Crippen LogP contribution in [-0.4, -0.2) is 26.6 Å². The molecule has 0 saturated heterocycles. The molecule has 0 aliphatic heterocycles. The molecule has 0 aromatic heterocycles. The number of hydrogen-bond acceptors (Lipinski definition) is 5. The minimum atomic E-state index is -4.36. The van der Waals surface area contributed by atoms with Crippen LogP contribution in [0.2, 0.25) is 0 Å². The minimum Gasteiger partial charge on any atom is -0.206 e. The largest absolute Gasteiger partial charge is 0.250 e. The fourth-order valence-corrected chi connectivity index (χ4v) is 6.37. The first kappa shape index (κ1) is 22.4. The fraction of sp³-hybridized carbons (Fsp3) is 0.0870. The van der Waals surface area contributed by atoms with E-state index < -0.39 is 26.1 Å². The molecule has 1 unspecified atom stereocenters. The Hall–Kier alpha value is -3.25. The van der Waals surface area contributed by atoms with Gasteiger partial charge in [0, 0.05) is 16.4 Å². The Morgan fingerprint density at radius 2 is 1.32 bits per heavy atom. The van der Waals surface area contributed by atoms with E-state index in [4.69, 9.17) is 5.26 Å². The van der Waals surface area contributed by atoms with Gasteiger partial charge in [0.05, 0.1) is 12.1 Å². The summed E-state index contributed by atoms with van der Waals surface area (Å²) in [5, 5.41) is 10.8. The average Bonchev–Trinajstić information content (AvgIpc) is 2.78. The van der Waals surface area contributed by atoms with Crippen molar-refractivity contribution in [3.05, 3.63) is 106 Å². The molecule has 1 aliphatic carbocycles. The van der Waals surface area contributed by atoms with Crippen LogP contribution >= 0.6 is 0 Å². The monoisotopic (exact) mass is 452 g/mol. The molecule has 0 heterocycles. The molecule has 6 nitrogen and oxygen atoms in total. The number of nitrogens with zero attached hydrogens (tertiary/aromatic N) is 2. The molecular weight excluding hydrogens is 432 g/mol. The number of nitriles is 1. The molecule has 0 N–H and O–H groups in total. The van der Waals surface area contributed by atoms with Crippen molar-refractivity contribution in [1.29, 1.82) is 5.26 Å². The van der Waals surface area contributed by atoms with Crippen LogP contribution in [0.3, 0.4) is 0 Å². The van der Waals surface area contributed by atoms with E-state index >= 15 is 0 Å². The van der Waals surface area contributed by atoms with E-state index in [1.165, 1.54) is 30.4 Å². The van der Waals surface area contributed by atoms with Gasteiger partial charge in [0.25, 0.3) is 0 Å². The standard InChI is InChI=1S/C23H20N2O4S2/c24-19-22-11-13-23(14-12-22)25(30(26,27)17-15-20-7-3-1-4-8-20)31(28,29)18-16-21-9-5-2-6-10-21/h1-13,15-18,23H,14H2/b17-15+,18-16+. The summed E-state index contributed by atoms with van der Waals surface area (Å²) in [6.07, 6.45) is 7.12. The Bertz CT molecular complexity index is 1210. The normalized spacial score (nSPS) is 17.2. The molecule has 0 saturated carbocycles. The SMILES string of the molecule is N#CC1=CCC(N(S(=O)(=O)/C=C/c2ccccc2)S(=O)(=O)/C=C/c2ccccc2)C=C1. The van der Waals surface area contributed by atoms with Gasteiger partial charge in [0.2, 0.25) is 20.0 Å². The van der Waals surface area contributed by atoms with Gasteiger partial charge in [-0.2, -0.15) is 5.26 Å². The second-order valence-electron chi connectivity index (χ2n) is 6.68. The topological polar surface area (TPSA) is 95.3 Å². The maximum Gasteiger partial charge on any atom is 0.250 e. The smallest absolute Gasteiger partial charge is 0.206 e. The van der Waals surface area contributed by atoms with Crippen LogP contribution in [0.25, 0.3) is 12.2 Å². The van der Waals surface area contributed by atoms with E-state index in [0.717, 1.165) is 10.8 Å². The molecule has 158 valence electrons. The van der Waals surface area contributed by atoms with E-state index in [-0.39, 0.29) is 6.42 Å². The van der Waals surface area contributed by atoms with E-state index in [1.807, 2.05) is 6.07 Å². The number of rotatable bonds is 7. The third-order valence-electron chi connectivity index (χ3n) is 4.44. The van der Waals surface area contributed by atoms with Crippen LogP contribution in [0.15, 0.2) is 95.3 Å². The Morgan fingerprint density at radius 3 is 1.71 bits per heavy atom. The first-order valence-corrected chi connectivity index (χ1v) is 12.4. The molecule has 8 heteroatoms. The summed E-state index contributed by atoms with van der Waals surface area (Å²) in [5.41, 5.74) is 1.59. The van der Waals surface area contributed by atoms with Gasteiger partial charge in [0.1, 0.15) is 0 Å². The first-order chi connectivity index (χ1) is 14.8. The van der Waals surface area contributed by atoms with Gasteiger partial charge in [-0.05, 0) is 35.8 Å². The lowest BCUT2D eigenvalue weighted by Crippen LogP contribution is -2.42. The molecule has 1 aliphatic rings. The lowest BCUT2D eigenvalue weighted by atomic mass is 10.1. The number of allylic oxidation sites excluding steroid dienone is 2. The Morgan fingerprint density at radius 1 is 0.839 bits per heavy atom. The number of sulfonamides is 2. The summed E-state index contributed by atoms with van der Waals surface area (Å²) in [6, 6.07) is 18.4. The number of hydrogen-bond donors (Lipinski definition) is 0. The Kier molecular flexibility index (Phi) is 7.02. The lowest BCUT2D eigenvalue weighted by molar-refractivity contribution is 0.472. The van der Waals surface area contributed by atoms with Gasteiger partial charge < -0.3 is 0 Å². The molecule has 31 heavy (non-hydrogen) atoms. The van der Waals surface area contributed by atoms with Crippen molar-refractivity contribution in [2.75, 3.05) is 0 Å². The van der Waals surface area contributed by atoms with Crippen LogP contribution in [0, 0.1) is 11.3 Å². The molecule has 0 amide bonds. The van der Waals surface area contributed by atoms with Crippen molar-refractivity contribution >= 4 is 32.2 Å². The molecule has 0 radical (unpaired) electrons. The van der Waals surface area contributed by atoms with Crippen molar-refractivity contribution in [3.8, 4) is 6.07 Å². The van der Waals surface area contributed by atoms with Gasteiger partial charge in [-0.15, -0.1) is 0 Å². The second kappa shape index (κ2) is 9.71. The summed E-state index contributed by atoms with van der Waals surface area (Å²) >= 11 is 0.